The van der Waals surface area contributed by atoms with E-state index in [0.29, 0.717) is 0 Å². The maximum absolute atomic E-state index is 11.5. The van der Waals surface area contributed by atoms with Gasteiger partial charge in [0, 0.05) is 18.5 Å². The van der Waals surface area contributed by atoms with Gasteiger partial charge >= 0.3 is 5.97 Å². The first-order valence-corrected chi connectivity index (χ1v) is 7.82. The zero-order chi connectivity index (χ0) is 16.4. The minimum atomic E-state index is -1.04. The van der Waals surface area contributed by atoms with E-state index in [-0.39, 0.29) is 5.92 Å². The topological polar surface area (TPSA) is 75.6 Å². The Bertz CT molecular complexity index is 711. The van der Waals surface area contributed by atoms with Gasteiger partial charge < -0.3 is 14.7 Å². The molecule has 0 radical (unpaired) electrons. The van der Waals surface area contributed by atoms with Crippen LogP contribution in [0.5, 0.6) is 0 Å². The number of esters is 1. The van der Waals surface area contributed by atoms with E-state index >= 15 is 0 Å². The molecule has 1 aromatic carbocycles. The van der Waals surface area contributed by atoms with Gasteiger partial charge in [-0.25, -0.2) is 14.8 Å². The number of benzene rings is 1. The highest BCUT2D eigenvalue weighted by Crippen LogP contribution is 2.29. The summed E-state index contributed by atoms with van der Waals surface area (Å²) in [5.41, 5.74) is 2.10. The van der Waals surface area contributed by atoms with Gasteiger partial charge in [0.1, 0.15) is 12.1 Å². The monoisotopic (exact) mass is 315 g/mol. The fraction of sp³-hybridized carbons (Fsp3) is 0.471. The average Bonchev–Trinajstić information content (AvgIpc) is 2.60. The van der Waals surface area contributed by atoms with Crippen LogP contribution in [0.3, 0.4) is 0 Å². The Kier molecular flexibility index (Phi) is 4.43. The summed E-state index contributed by atoms with van der Waals surface area (Å²) >= 11 is 0. The highest BCUT2D eigenvalue weighted by Gasteiger charge is 2.31. The number of fused-ring (bicyclic) bond motifs is 1. The fourth-order valence-corrected chi connectivity index (χ4v) is 3.15. The molecule has 1 fully saturated rings. The first-order chi connectivity index (χ1) is 11.1. The molecule has 6 heteroatoms. The van der Waals surface area contributed by atoms with Crippen molar-refractivity contribution in [1.82, 2.24) is 9.97 Å². The number of rotatable bonds is 3. The molecule has 0 aliphatic carbocycles. The average molecular weight is 315 g/mol. The lowest BCUT2D eigenvalue weighted by molar-refractivity contribution is -0.153. The summed E-state index contributed by atoms with van der Waals surface area (Å²) in [6, 6.07) is 6.14. The summed E-state index contributed by atoms with van der Waals surface area (Å²) in [5, 5.41) is 11.0. The van der Waals surface area contributed by atoms with Crippen LogP contribution in [0.25, 0.3) is 10.9 Å². The van der Waals surface area contributed by atoms with E-state index in [0.717, 1.165) is 42.7 Å². The predicted molar refractivity (Wildman–Crippen MR) is 87.2 cm³/mol. The molecule has 0 amide bonds. The molecule has 1 saturated heterocycles. The van der Waals surface area contributed by atoms with Gasteiger partial charge in [0.15, 0.2) is 6.10 Å². The standard InChI is InChI=1S/C17H21N3O3/c1-11-3-4-14-13(9-11)16(19-10-18-14)20-7-5-12(6-8-20)15(21)17(22)23-2/h3-4,9-10,12,15,21H,5-8H2,1-2H3. The van der Waals surface area contributed by atoms with E-state index in [1.54, 1.807) is 6.33 Å². The molecule has 1 N–H and O–H groups in total. The van der Waals surface area contributed by atoms with Crippen LogP contribution in [0, 0.1) is 12.8 Å². The molecule has 1 unspecified atom stereocenters. The number of nitrogens with zero attached hydrogens (tertiary/aromatic N) is 3. The Morgan fingerprint density at radius 3 is 2.78 bits per heavy atom. The number of aryl methyl sites for hydroxylation is 1. The highest BCUT2D eigenvalue weighted by atomic mass is 16.5. The number of aliphatic hydroxyl groups is 1. The number of anilines is 1. The van der Waals surface area contributed by atoms with Crippen molar-refractivity contribution in [2.45, 2.75) is 25.9 Å². The third-order valence-electron chi connectivity index (χ3n) is 4.50. The lowest BCUT2D eigenvalue weighted by Crippen LogP contribution is -2.41. The van der Waals surface area contributed by atoms with Crippen molar-refractivity contribution in [3.05, 3.63) is 30.1 Å². The third kappa shape index (κ3) is 3.12. The van der Waals surface area contributed by atoms with Crippen LogP contribution in [-0.2, 0) is 9.53 Å². The minimum absolute atomic E-state index is 0.0615. The van der Waals surface area contributed by atoms with Crippen LogP contribution in [0.4, 0.5) is 5.82 Å². The van der Waals surface area contributed by atoms with Gasteiger partial charge in [-0.15, -0.1) is 0 Å². The summed E-state index contributed by atoms with van der Waals surface area (Å²) in [7, 11) is 1.30. The molecule has 1 aliphatic rings. The van der Waals surface area contributed by atoms with E-state index in [9.17, 15) is 9.90 Å². The van der Waals surface area contributed by atoms with E-state index in [1.807, 2.05) is 12.1 Å². The van der Waals surface area contributed by atoms with Crippen molar-refractivity contribution in [3.8, 4) is 0 Å². The molecule has 1 aromatic heterocycles. The lowest BCUT2D eigenvalue weighted by atomic mass is 9.91. The molecule has 0 saturated carbocycles. The molecule has 23 heavy (non-hydrogen) atoms. The van der Waals surface area contributed by atoms with Crippen LogP contribution in [0.1, 0.15) is 18.4 Å². The number of hydrogen-bond acceptors (Lipinski definition) is 6. The number of piperidine rings is 1. The van der Waals surface area contributed by atoms with Gasteiger partial charge in [0.05, 0.1) is 12.6 Å². The van der Waals surface area contributed by atoms with Crippen molar-refractivity contribution >= 4 is 22.7 Å². The van der Waals surface area contributed by atoms with Crippen molar-refractivity contribution < 1.29 is 14.6 Å². The van der Waals surface area contributed by atoms with Crippen molar-refractivity contribution in [2.75, 3.05) is 25.1 Å². The highest BCUT2D eigenvalue weighted by molar-refractivity contribution is 5.89. The second kappa shape index (κ2) is 6.50. The smallest absolute Gasteiger partial charge is 0.334 e. The number of methoxy groups -OCH3 is 1. The SMILES string of the molecule is COC(=O)C(O)C1CCN(c2ncnc3ccc(C)cc23)CC1. The van der Waals surface area contributed by atoms with Crippen LogP contribution >= 0.6 is 0 Å². The Morgan fingerprint density at radius 2 is 2.09 bits per heavy atom. The molecule has 0 spiro atoms. The zero-order valence-electron chi connectivity index (χ0n) is 13.4. The molecule has 3 rings (SSSR count). The molecule has 2 heterocycles. The Labute approximate surface area is 135 Å². The van der Waals surface area contributed by atoms with Crippen LogP contribution in [0.2, 0.25) is 0 Å². The largest absolute Gasteiger partial charge is 0.467 e. The number of carbonyl (C=O) groups excluding carboxylic acids is 1. The number of ether oxygens (including phenoxy) is 1. The Balaban J connectivity index is 1.78. The molecule has 122 valence electrons. The van der Waals surface area contributed by atoms with Gasteiger partial charge in [-0.2, -0.15) is 0 Å². The quantitative estimate of drug-likeness (QED) is 0.869. The maximum Gasteiger partial charge on any atom is 0.334 e. The number of aliphatic hydroxyl groups excluding tert-OH is 1. The second-order valence-corrected chi connectivity index (χ2v) is 6.01. The summed E-state index contributed by atoms with van der Waals surface area (Å²) in [4.78, 5) is 22.4. The van der Waals surface area contributed by atoms with E-state index < -0.39 is 12.1 Å². The molecule has 1 atom stereocenters. The number of carbonyl (C=O) groups is 1. The van der Waals surface area contributed by atoms with E-state index in [2.05, 4.69) is 32.6 Å². The van der Waals surface area contributed by atoms with Crippen molar-refractivity contribution in [3.63, 3.8) is 0 Å². The summed E-state index contributed by atoms with van der Waals surface area (Å²) in [6.07, 6.45) is 2.01. The van der Waals surface area contributed by atoms with Crippen LogP contribution in [-0.4, -0.2) is 47.3 Å². The molecular formula is C17H21N3O3. The van der Waals surface area contributed by atoms with Crippen LogP contribution < -0.4 is 4.90 Å². The number of hydrogen-bond donors (Lipinski definition) is 1. The summed E-state index contributed by atoms with van der Waals surface area (Å²) in [6.45, 7) is 3.55. The summed E-state index contributed by atoms with van der Waals surface area (Å²) < 4.78 is 4.62. The van der Waals surface area contributed by atoms with Gasteiger partial charge in [0.25, 0.3) is 0 Å². The fourth-order valence-electron chi connectivity index (χ4n) is 3.15. The second-order valence-electron chi connectivity index (χ2n) is 6.01. The van der Waals surface area contributed by atoms with E-state index in [1.165, 1.54) is 12.7 Å². The Morgan fingerprint density at radius 1 is 1.35 bits per heavy atom. The first kappa shape index (κ1) is 15.7. The van der Waals surface area contributed by atoms with Crippen molar-refractivity contribution in [2.24, 2.45) is 5.92 Å². The third-order valence-corrected chi connectivity index (χ3v) is 4.50. The van der Waals surface area contributed by atoms with Gasteiger partial charge in [-0.05, 0) is 37.8 Å². The zero-order valence-corrected chi connectivity index (χ0v) is 13.4. The molecule has 0 bridgehead atoms. The molecular weight excluding hydrogens is 294 g/mol. The maximum atomic E-state index is 11.5. The molecule has 1 aliphatic heterocycles. The minimum Gasteiger partial charge on any atom is -0.467 e. The van der Waals surface area contributed by atoms with Crippen LogP contribution in [0.15, 0.2) is 24.5 Å². The first-order valence-electron chi connectivity index (χ1n) is 7.82. The molecule has 6 nitrogen and oxygen atoms in total. The predicted octanol–water partition coefficient (Wildman–Crippen LogP) is 1.69. The van der Waals surface area contributed by atoms with E-state index in [4.69, 9.17) is 0 Å². The lowest BCUT2D eigenvalue weighted by Gasteiger charge is -2.34. The molecule has 2 aromatic rings. The Hall–Kier alpha value is -2.21. The van der Waals surface area contributed by atoms with Crippen molar-refractivity contribution in [1.29, 1.82) is 0 Å². The number of aromatic nitrogens is 2. The van der Waals surface area contributed by atoms with Gasteiger partial charge in [0.2, 0.25) is 0 Å². The normalized spacial score (nSPS) is 17.3. The van der Waals surface area contributed by atoms with Gasteiger partial charge in [-0.1, -0.05) is 11.6 Å². The summed E-state index contributed by atoms with van der Waals surface area (Å²) in [5.74, 6) is 0.310. The van der Waals surface area contributed by atoms with Gasteiger partial charge in [-0.3, -0.25) is 0 Å².